The van der Waals surface area contributed by atoms with E-state index in [0.717, 1.165) is 22.3 Å². The first-order valence-electron chi connectivity index (χ1n) is 6.20. The Kier molecular flexibility index (Phi) is 3.96. The number of phenolic OH excluding ortho intramolecular Hbond substituents is 1. The molecule has 0 saturated carbocycles. The number of benzene rings is 2. The Balaban J connectivity index is 2.54. The highest BCUT2D eigenvalue weighted by molar-refractivity contribution is 6.31. The van der Waals surface area contributed by atoms with Gasteiger partial charge >= 0.3 is 0 Å². The van der Waals surface area contributed by atoms with Gasteiger partial charge in [-0.05, 0) is 43.5 Å². The first-order chi connectivity index (χ1) is 8.97. The fourth-order valence-electron chi connectivity index (χ4n) is 2.07. The van der Waals surface area contributed by atoms with E-state index in [4.69, 9.17) is 11.6 Å². The average molecular weight is 273 g/mol. The largest absolute Gasteiger partial charge is 0.507 e. The van der Waals surface area contributed by atoms with E-state index in [2.05, 4.69) is 6.58 Å². The van der Waals surface area contributed by atoms with Crippen LogP contribution in [0.25, 0.3) is 11.1 Å². The van der Waals surface area contributed by atoms with Crippen molar-refractivity contribution >= 4 is 11.6 Å². The lowest BCUT2D eigenvalue weighted by atomic mass is 9.97. The van der Waals surface area contributed by atoms with Crippen molar-refractivity contribution in [2.75, 3.05) is 0 Å². The first-order valence-corrected chi connectivity index (χ1v) is 6.58. The summed E-state index contributed by atoms with van der Waals surface area (Å²) in [5.74, 6) is 0.288. The number of hydrogen-bond acceptors (Lipinski definition) is 1. The zero-order valence-corrected chi connectivity index (χ0v) is 12.0. The Bertz CT molecular complexity index is 612. The van der Waals surface area contributed by atoms with Crippen LogP contribution in [-0.2, 0) is 6.42 Å². The minimum absolute atomic E-state index is 0.288. The number of phenols is 1. The molecule has 0 saturated heterocycles. The summed E-state index contributed by atoms with van der Waals surface area (Å²) >= 11 is 6.15. The predicted octanol–water partition coefficient (Wildman–Crippen LogP) is 5.14. The maximum Gasteiger partial charge on any atom is 0.127 e. The molecule has 1 nitrogen and oxygen atoms in total. The van der Waals surface area contributed by atoms with Gasteiger partial charge in [-0.1, -0.05) is 53.6 Å². The predicted molar refractivity (Wildman–Crippen MR) is 81.8 cm³/mol. The highest BCUT2D eigenvalue weighted by Gasteiger charge is 2.11. The standard InChI is InChI=1S/C17H17ClO/c1-11(2)8-14-9-15(18)10-16(17(14)19)13-6-4-12(3)5-7-13/h4-7,9-10,19H,1,8H2,2-3H3. The molecule has 0 aliphatic rings. The van der Waals surface area contributed by atoms with Crippen LogP contribution in [0.1, 0.15) is 18.1 Å². The molecular weight excluding hydrogens is 256 g/mol. The van der Waals surface area contributed by atoms with Crippen molar-refractivity contribution in [1.29, 1.82) is 0 Å². The summed E-state index contributed by atoms with van der Waals surface area (Å²) in [6.45, 7) is 7.85. The van der Waals surface area contributed by atoms with Crippen LogP contribution in [0.15, 0.2) is 48.6 Å². The summed E-state index contributed by atoms with van der Waals surface area (Å²) in [4.78, 5) is 0. The second-order valence-electron chi connectivity index (χ2n) is 4.96. The summed E-state index contributed by atoms with van der Waals surface area (Å²) in [5, 5.41) is 11.0. The van der Waals surface area contributed by atoms with E-state index >= 15 is 0 Å². The summed E-state index contributed by atoms with van der Waals surface area (Å²) in [7, 11) is 0. The molecule has 2 aromatic carbocycles. The molecule has 0 heterocycles. The molecule has 0 spiro atoms. The highest BCUT2D eigenvalue weighted by atomic mass is 35.5. The number of allylic oxidation sites excluding steroid dienone is 1. The molecule has 0 amide bonds. The smallest absolute Gasteiger partial charge is 0.127 e. The monoisotopic (exact) mass is 272 g/mol. The van der Waals surface area contributed by atoms with Crippen LogP contribution >= 0.6 is 11.6 Å². The normalized spacial score (nSPS) is 10.5. The second kappa shape index (κ2) is 5.50. The van der Waals surface area contributed by atoms with Crippen molar-refractivity contribution in [3.8, 4) is 16.9 Å². The highest BCUT2D eigenvalue weighted by Crippen LogP contribution is 2.36. The topological polar surface area (TPSA) is 20.2 Å². The maximum atomic E-state index is 10.4. The average Bonchev–Trinajstić information content (AvgIpc) is 2.34. The van der Waals surface area contributed by atoms with Crippen molar-refractivity contribution in [1.82, 2.24) is 0 Å². The zero-order valence-electron chi connectivity index (χ0n) is 11.2. The van der Waals surface area contributed by atoms with Gasteiger partial charge in [-0.25, -0.2) is 0 Å². The lowest BCUT2D eigenvalue weighted by Gasteiger charge is -2.11. The van der Waals surface area contributed by atoms with Gasteiger partial charge in [0.1, 0.15) is 5.75 Å². The minimum atomic E-state index is 0.288. The van der Waals surface area contributed by atoms with Gasteiger partial charge in [-0.2, -0.15) is 0 Å². The number of rotatable bonds is 3. The van der Waals surface area contributed by atoms with Gasteiger partial charge in [-0.15, -0.1) is 0 Å². The van der Waals surface area contributed by atoms with Crippen LogP contribution in [0.3, 0.4) is 0 Å². The Morgan fingerprint density at radius 3 is 2.42 bits per heavy atom. The summed E-state index contributed by atoms with van der Waals surface area (Å²) in [5.41, 5.74) is 4.73. The number of hydrogen-bond donors (Lipinski definition) is 1. The maximum absolute atomic E-state index is 10.4. The zero-order chi connectivity index (χ0) is 14.0. The Hall–Kier alpha value is -1.73. The quantitative estimate of drug-likeness (QED) is 0.767. The molecule has 0 bridgehead atoms. The molecule has 2 rings (SSSR count). The van der Waals surface area contributed by atoms with Crippen LogP contribution in [-0.4, -0.2) is 5.11 Å². The van der Waals surface area contributed by atoms with Gasteiger partial charge in [-0.3, -0.25) is 0 Å². The summed E-state index contributed by atoms with van der Waals surface area (Å²) in [6, 6.07) is 11.6. The third kappa shape index (κ3) is 3.18. The number of aryl methyl sites for hydroxylation is 1. The third-order valence-electron chi connectivity index (χ3n) is 3.01. The summed E-state index contributed by atoms with van der Waals surface area (Å²) < 4.78 is 0. The molecule has 0 aromatic heterocycles. The fourth-order valence-corrected chi connectivity index (χ4v) is 2.31. The van der Waals surface area contributed by atoms with Crippen molar-refractivity contribution < 1.29 is 5.11 Å². The van der Waals surface area contributed by atoms with Gasteiger partial charge < -0.3 is 5.11 Å². The van der Waals surface area contributed by atoms with Gasteiger partial charge in [0.25, 0.3) is 0 Å². The van der Waals surface area contributed by atoms with Crippen molar-refractivity contribution in [3.05, 3.63) is 64.7 Å². The Morgan fingerprint density at radius 2 is 1.84 bits per heavy atom. The van der Waals surface area contributed by atoms with Gasteiger partial charge in [0, 0.05) is 10.6 Å². The third-order valence-corrected chi connectivity index (χ3v) is 3.23. The van der Waals surface area contributed by atoms with Crippen molar-refractivity contribution in [3.63, 3.8) is 0 Å². The van der Waals surface area contributed by atoms with Crippen LogP contribution in [0.2, 0.25) is 5.02 Å². The van der Waals surface area contributed by atoms with Crippen LogP contribution < -0.4 is 0 Å². The van der Waals surface area contributed by atoms with Crippen molar-refractivity contribution in [2.24, 2.45) is 0 Å². The molecule has 0 aliphatic carbocycles. The van der Waals surface area contributed by atoms with E-state index in [0.29, 0.717) is 11.4 Å². The molecule has 0 radical (unpaired) electrons. The van der Waals surface area contributed by atoms with Gasteiger partial charge in [0.05, 0.1) is 0 Å². The number of aromatic hydroxyl groups is 1. The Labute approximate surface area is 119 Å². The molecule has 0 atom stereocenters. The molecule has 0 aliphatic heterocycles. The van der Waals surface area contributed by atoms with Crippen molar-refractivity contribution in [2.45, 2.75) is 20.3 Å². The molecule has 1 N–H and O–H groups in total. The van der Waals surface area contributed by atoms with E-state index in [1.807, 2.05) is 38.1 Å². The summed E-state index contributed by atoms with van der Waals surface area (Å²) in [6.07, 6.45) is 0.630. The molecule has 19 heavy (non-hydrogen) atoms. The molecule has 98 valence electrons. The lowest BCUT2D eigenvalue weighted by Crippen LogP contribution is -1.90. The van der Waals surface area contributed by atoms with E-state index in [-0.39, 0.29) is 5.75 Å². The second-order valence-corrected chi connectivity index (χ2v) is 5.40. The molecule has 0 unspecified atom stereocenters. The SMILES string of the molecule is C=C(C)Cc1cc(Cl)cc(-c2ccc(C)cc2)c1O. The Morgan fingerprint density at radius 1 is 1.21 bits per heavy atom. The molecule has 2 aromatic rings. The lowest BCUT2D eigenvalue weighted by molar-refractivity contribution is 0.471. The number of halogens is 1. The van der Waals surface area contributed by atoms with E-state index in [1.54, 1.807) is 12.1 Å². The van der Waals surface area contributed by atoms with Gasteiger partial charge in [0.15, 0.2) is 0 Å². The fraction of sp³-hybridized carbons (Fsp3) is 0.176. The minimum Gasteiger partial charge on any atom is -0.507 e. The molecule has 0 fully saturated rings. The van der Waals surface area contributed by atoms with E-state index < -0.39 is 0 Å². The van der Waals surface area contributed by atoms with E-state index in [9.17, 15) is 5.11 Å². The van der Waals surface area contributed by atoms with Gasteiger partial charge in [0.2, 0.25) is 0 Å². The molecule has 2 heteroatoms. The first kappa shape index (κ1) is 13.7. The van der Waals surface area contributed by atoms with E-state index in [1.165, 1.54) is 5.56 Å². The van der Waals surface area contributed by atoms with Crippen LogP contribution in [0, 0.1) is 6.92 Å². The van der Waals surface area contributed by atoms with Crippen LogP contribution in [0.4, 0.5) is 0 Å². The molecular formula is C17H17ClO. The van der Waals surface area contributed by atoms with Crippen LogP contribution in [0.5, 0.6) is 5.75 Å².